The van der Waals surface area contributed by atoms with Crippen molar-refractivity contribution in [3.63, 3.8) is 0 Å². The van der Waals surface area contributed by atoms with E-state index in [9.17, 15) is 5.11 Å². The Morgan fingerprint density at radius 3 is 2.48 bits per heavy atom. The standard InChI is InChI=1S/C19H31N3O3/c1-4-20-18(22-14-19(23)10-6-5-7-11-19)21-13-15-8-9-16(24-2)17(12-15)25-3/h8-9,12,23H,4-7,10-11,13-14H2,1-3H3,(H2,20,21,22). The zero-order valence-electron chi connectivity index (χ0n) is 15.6. The normalized spacial score (nSPS) is 17.0. The highest BCUT2D eigenvalue weighted by molar-refractivity contribution is 5.79. The first kappa shape index (κ1) is 19.4. The lowest BCUT2D eigenvalue weighted by Crippen LogP contribution is -2.48. The third kappa shape index (κ3) is 5.81. The number of aliphatic imine (C=N–C) groups is 1. The van der Waals surface area contributed by atoms with Crippen LogP contribution in [0.5, 0.6) is 11.5 Å². The second kappa shape index (κ2) is 9.51. The van der Waals surface area contributed by atoms with Crippen LogP contribution in [0.2, 0.25) is 0 Å². The molecule has 1 aliphatic carbocycles. The topological polar surface area (TPSA) is 75.1 Å². The number of hydrogen-bond donors (Lipinski definition) is 3. The van der Waals surface area contributed by atoms with Gasteiger partial charge in [-0.25, -0.2) is 4.99 Å². The summed E-state index contributed by atoms with van der Waals surface area (Å²) in [6.45, 7) is 3.86. The molecule has 1 aromatic rings. The molecule has 1 fully saturated rings. The number of rotatable bonds is 7. The van der Waals surface area contributed by atoms with Crippen LogP contribution in [-0.4, -0.2) is 44.0 Å². The van der Waals surface area contributed by atoms with E-state index in [1.165, 1.54) is 6.42 Å². The maximum atomic E-state index is 10.6. The summed E-state index contributed by atoms with van der Waals surface area (Å²) < 4.78 is 10.6. The average molecular weight is 349 g/mol. The SMILES string of the molecule is CCNC(=NCc1ccc(OC)c(OC)c1)NCC1(O)CCCCC1. The molecular formula is C19H31N3O3. The molecule has 0 spiro atoms. The van der Waals surface area contributed by atoms with Gasteiger partial charge in [-0.15, -0.1) is 0 Å². The van der Waals surface area contributed by atoms with Gasteiger partial charge in [0, 0.05) is 13.1 Å². The Kier molecular flexibility index (Phi) is 7.37. The van der Waals surface area contributed by atoms with Gasteiger partial charge in [-0.05, 0) is 37.5 Å². The number of guanidine groups is 1. The molecule has 0 unspecified atom stereocenters. The zero-order chi connectivity index (χ0) is 18.1. The van der Waals surface area contributed by atoms with Gasteiger partial charge in [0.25, 0.3) is 0 Å². The van der Waals surface area contributed by atoms with Gasteiger partial charge in [-0.1, -0.05) is 25.3 Å². The van der Waals surface area contributed by atoms with Crippen molar-refractivity contribution in [3.8, 4) is 11.5 Å². The van der Waals surface area contributed by atoms with E-state index in [0.717, 1.165) is 43.8 Å². The second-order valence-electron chi connectivity index (χ2n) is 6.52. The minimum Gasteiger partial charge on any atom is -0.493 e. The summed E-state index contributed by atoms with van der Waals surface area (Å²) in [7, 11) is 3.25. The summed E-state index contributed by atoms with van der Waals surface area (Å²) in [5.74, 6) is 2.13. The van der Waals surface area contributed by atoms with E-state index >= 15 is 0 Å². The number of ether oxygens (including phenoxy) is 2. The Labute approximate surface area is 150 Å². The zero-order valence-corrected chi connectivity index (χ0v) is 15.6. The molecule has 0 atom stereocenters. The Hall–Kier alpha value is -1.95. The number of nitrogens with zero attached hydrogens (tertiary/aromatic N) is 1. The van der Waals surface area contributed by atoms with Gasteiger partial charge in [0.1, 0.15) is 0 Å². The average Bonchev–Trinajstić information content (AvgIpc) is 2.64. The van der Waals surface area contributed by atoms with Crippen LogP contribution >= 0.6 is 0 Å². The summed E-state index contributed by atoms with van der Waals surface area (Å²) in [5.41, 5.74) is 0.420. The van der Waals surface area contributed by atoms with E-state index in [0.29, 0.717) is 24.6 Å². The highest BCUT2D eigenvalue weighted by atomic mass is 16.5. The fraction of sp³-hybridized carbons (Fsp3) is 0.632. The molecule has 0 heterocycles. The molecule has 1 saturated carbocycles. The molecule has 6 nitrogen and oxygen atoms in total. The monoisotopic (exact) mass is 349 g/mol. The van der Waals surface area contributed by atoms with Crippen LogP contribution in [0.15, 0.2) is 23.2 Å². The van der Waals surface area contributed by atoms with Crippen LogP contribution in [0.25, 0.3) is 0 Å². The molecular weight excluding hydrogens is 318 g/mol. The van der Waals surface area contributed by atoms with Crippen molar-refractivity contribution < 1.29 is 14.6 Å². The number of hydrogen-bond acceptors (Lipinski definition) is 4. The van der Waals surface area contributed by atoms with Crippen LogP contribution in [0.3, 0.4) is 0 Å². The van der Waals surface area contributed by atoms with Crippen molar-refractivity contribution in [2.45, 2.75) is 51.2 Å². The molecule has 140 valence electrons. The second-order valence-corrected chi connectivity index (χ2v) is 6.52. The molecule has 0 saturated heterocycles. The smallest absolute Gasteiger partial charge is 0.191 e. The van der Waals surface area contributed by atoms with Crippen LogP contribution in [0, 0.1) is 0 Å². The van der Waals surface area contributed by atoms with E-state index in [2.05, 4.69) is 15.6 Å². The van der Waals surface area contributed by atoms with Crippen molar-refractivity contribution in [2.75, 3.05) is 27.3 Å². The molecule has 1 aliphatic rings. The van der Waals surface area contributed by atoms with Crippen LogP contribution in [0.1, 0.15) is 44.6 Å². The Morgan fingerprint density at radius 1 is 1.12 bits per heavy atom. The van der Waals surface area contributed by atoms with Gasteiger partial charge in [-0.2, -0.15) is 0 Å². The van der Waals surface area contributed by atoms with E-state index in [1.54, 1.807) is 14.2 Å². The molecule has 0 aromatic heterocycles. The van der Waals surface area contributed by atoms with Crippen LogP contribution in [0.4, 0.5) is 0 Å². The molecule has 0 aliphatic heterocycles. The van der Waals surface area contributed by atoms with Crippen molar-refractivity contribution in [1.82, 2.24) is 10.6 Å². The molecule has 2 rings (SSSR count). The molecule has 1 aromatic carbocycles. The van der Waals surface area contributed by atoms with Crippen molar-refractivity contribution in [2.24, 2.45) is 4.99 Å². The van der Waals surface area contributed by atoms with E-state index in [-0.39, 0.29) is 0 Å². The van der Waals surface area contributed by atoms with Crippen molar-refractivity contribution >= 4 is 5.96 Å². The maximum absolute atomic E-state index is 10.6. The summed E-state index contributed by atoms with van der Waals surface area (Å²) >= 11 is 0. The molecule has 3 N–H and O–H groups in total. The lowest BCUT2D eigenvalue weighted by molar-refractivity contribution is 0.00859. The molecule has 0 amide bonds. The first-order valence-electron chi connectivity index (χ1n) is 9.05. The van der Waals surface area contributed by atoms with E-state index in [1.807, 2.05) is 25.1 Å². The van der Waals surface area contributed by atoms with Gasteiger partial charge in [-0.3, -0.25) is 0 Å². The minimum absolute atomic E-state index is 0.522. The number of nitrogens with one attached hydrogen (secondary N) is 2. The van der Waals surface area contributed by atoms with Gasteiger partial charge < -0.3 is 25.2 Å². The Morgan fingerprint density at radius 2 is 1.84 bits per heavy atom. The Bertz CT molecular complexity index is 569. The van der Waals surface area contributed by atoms with E-state index < -0.39 is 5.60 Å². The fourth-order valence-electron chi connectivity index (χ4n) is 3.13. The minimum atomic E-state index is -0.613. The molecule has 0 radical (unpaired) electrons. The predicted molar refractivity (Wildman–Crippen MR) is 100 cm³/mol. The third-order valence-corrected chi connectivity index (χ3v) is 4.58. The maximum Gasteiger partial charge on any atom is 0.191 e. The summed E-state index contributed by atoms with van der Waals surface area (Å²) in [6, 6.07) is 5.79. The first-order chi connectivity index (χ1) is 12.1. The summed E-state index contributed by atoms with van der Waals surface area (Å²) in [5, 5.41) is 17.1. The number of benzene rings is 1. The number of methoxy groups -OCH3 is 2. The summed E-state index contributed by atoms with van der Waals surface area (Å²) in [4.78, 5) is 4.62. The lowest BCUT2D eigenvalue weighted by atomic mass is 9.85. The van der Waals surface area contributed by atoms with Crippen molar-refractivity contribution in [1.29, 1.82) is 0 Å². The third-order valence-electron chi connectivity index (χ3n) is 4.58. The highest BCUT2D eigenvalue weighted by Crippen LogP contribution is 2.28. The van der Waals surface area contributed by atoms with Gasteiger partial charge in [0.15, 0.2) is 17.5 Å². The number of aliphatic hydroxyl groups is 1. The largest absolute Gasteiger partial charge is 0.493 e. The quantitative estimate of drug-likeness (QED) is 0.521. The Balaban J connectivity index is 1.99. The molecule has 0 bridgehead atoms. The first-order valence-corrected chi connectivity index (χ1v) is 9.05. The van der Waals surface area contributed by atoms with E-state index in [4.69, 9.17) is 9.47 Å². The van der Waals surface area contributed by atoms with Gasteiger partial charge in [0.2, 0.25) is 0 Å². The highest BCUT2D eigenvalue weighted by Gasteiger charge is 2.29. The molecule has 6 heteroatoms. The predicted octanol–water partition coefficient (Wildman–Crippen LogP) is 2.45. The lowest BCUT2D eigenvalue weighted by Gasteiger charge is -2.32. The van der Waals surface area contributed by atoms with Crippen LogP contribution < -0.4 is 20.1 Å². The van der Waals surface area contributed by atoms with Crippen molar-refractivity contribution in [3.05, 3.63) is 23.8 Å². The van der Waals surface area contributed by atoms with Gasteiger partial charge in [0.05, 0.1) is 26.4 Å². The van der Waals surface area contributed by atoms with Gasteiger partial charge >= 0.3 is 0 Å². The molecule has 25 heavy (non-hydrogen) atoms. The van der Waals surface area contributed by atoms with Crippen LogP contribution in [-0.2, 0) is 6.54 Å². The fourth-order valence-corrected chi connectivity index (χ4v) is 3.13. The summed E-state index contributed by atoms with van der Waals surface area (Å²) in [6.07, 6.45) is 5.12.